The maximum absolute atomic E-state index is 5.27. The second-order valence-electron chi connectivity index (χ2n) is 3.25. The van der Waals surface area contributed by atoms with Gasteiger partial charge in [-0.3, -0.25) is 5.43 Å². The normalized spacial score (nSPS) is 10.4. The van der Waals surface area contributed by atoms with E-state index in [9.17, 15) is 0 Å². The number of hydrogen-bond donors (Lipinski definition) is 2. The lowest BCUT2D eigenvalue weighted by molar-refractivity contribution is 0.787. The molecule has 7 heteroatoms. The molecule has 6 nitrogen and oxygen atoms in total. The van der Waals surface area contributed by atoms with Crippen molar-refractivity contribution in [2.24, 2.45) is 12.9 Å². The first-order valence-electron chi connectivity index (χ1n) is 4.66. The van der Waals surface area contributed by atoms with E-state index < -0.39 is 0 Å². The summed E-state index contributed by atoms with van der Waals surface area (Å²) in [5.41, 5.74) is 3.42. The summed E-state index contributed by atoms with van der Waals surface area (Å²) in [5.74, 6) is 5.67. The zero-order valence-corrected chi connectivity index (χ0v) is 9.82. The Labute approximate surface area is 97.3 Å². The molecule has 0 atom stereocenters. The van der Waals surface area contributed by atoms with Gasteiger partial charge in [-0.25, -0.2) is 20.8 Å². The molecule has 0 radical (unpaired) electrons. The predicted octanol–water partition coefficient (Wildman–Crippen LogP) is 0.955. The molecule has 2 heterocycles. The van der Waals surface area contributed by atoms with Gasteiger partial charge >= 0.3 is 0 Å². The Bertz CT molecular complexity index is 494. The van der Waals surface area contributed by atoms with E-state index in [1.807, 2.05) is 24.7 Å². The zero-order chi connectivity index (χ0) is 11.5. The molecule has 2 aromatic rings. The van der Waals surface area contributed by atoms with Crippen molar-refractivity contribution in [3.05, 3.63) is 24.2 Å². The van der Waals surface area contributed by atoms with Crippen molar-refractivity contribution < 1.29 is 0 Å². The highest BCUT2D eigenvalue weighted by atomic mass is 32.2. The van der Waals surface area contributed by atoms with E-state index in [4.69, 9.17) is 5.84 Å². The third-order valence-electron chi connectivity index (χ3n) is 2.02. The number of anilines is 1. The van der Waals surface area contributed by atoms with Crippen molar-refractivity contribution in [3.8, 4) is 0 Å². The summed E-state index contributed by atoms with van der Waals surface area (Å²) in [5, 5.41) is 1.72. The van der Waals surface area contributed by atoms with E-state index in [0.717, 1.165) is 15.7 Å². The molecule has 16 heavy (non-hydrogen) atoms. The monoisotopic (exact) mass is 236 g/mol. The molecule has 0 unspecified atom stereocenters. The summed E-state index contributed by atoms with van der Waals surface area (Å²) >= 11 is 1.48. The van der Waals surface area contributed by atoms with Gasteiger partial charge in [0.15, 0.2) is 5.16 Å². The molecule has 2 aromatic heterocycles. The van der Waals surface area contributed by atoms with Gasteiger partial charge in [0.05, 0.1) is 0 Å². The largest absolute Gasteiger partial charge is 0.329 e. The van der Waals surface area contributed by atoms with Crippen LogP contribution in [0.3, 0.4) is 0 Å². The molecule has 84 valence electrons. The van der Waals surface area contributed by atoms with E-state index >= 15 is 0 Å². The van der Waals surface area contributed by atoms with Crippen molar-refractivity contribution in [1.29, 1.82) is 0 Å². The topological polar surface area (TPSA) is 81.7 Å². The number of hydrazine groups is 1. The molecule has 0 amide bonds. The van der Waals surface area contributed by atoms with Gasteiger partial charge < -0.3 is 4.57 Å². The molecule has 0 fully saturated rings. The van der Waals surface area contributed by atoms with Crippen LogP contribution in [0.5, 0.6) is 0 Å². The number of aromatic nitrogens is 4. The lowest BCUT2D eigenvalue weighted by atomic mass is 10.4. The fraction of sp³-hybridized carbons (Fsp3) is 0.222. The van der Waals surface area contributed by atoms with E-state index in [0.29, 0.717) is 5.95 Å². The molecule has 0 aliphatic heterocycles. The number of rotatable bonds is 3. The standard InChI is InChI=1S/C9H12N6S/c1-6-5-12-8(14-10)13-7(6)16-9-11-3-4-15(9)2/h3-5H,10H2,1-2H3,(H,12,13,14). The van der Waals surface area contributed by atoms with Gasteiger partial charge in [0.25, 0.3) is 0 Å². The Hall–Kier alpha value is -1.60. The van der Waals surface area contributed by atoms with Gasteiger partial charge in [0, 0.05) is 31.2 Å². The SMILES string of the molecule is Cc1cnc(NN)nc1Sc1nccn1C. The summed E-state index contributed by atoms with van der Waals surface area (Å²) in [6.07, 6.45) is 5.37. The lowest BCUT2D eigenvalue weighted by Crippen LogP contribution is -2.11. The quantitative estimate of drug-likeness (QED) is 0.469. The van der Waals surface area contributed by atoms with Crippen LogP contribution >= 0.6 is 11.8 Å². The number of aryl methyl sites for hydroxylation is 2. The Morgan fingerprint density at radius 2 is 2.25 bits per heavy atom. The highest BCUT2D eigenvalue weighted by Crippen LogP contribution is 2.26. The van der Waals surface area contributed by atoms with Crippen molar-refractivity contribution in [2.75, 3.05) is 5.43 Å². The summed E-state index contributed by atoms with van der Waals surface area (Å²) in [4.78, 5) is 12.5. The average Bonchev–Trinajstić information content (AvgIpc) is 2.68. The molecule has 0 spiro atoms. The molecule has 0 aliphatic carbocycles. The van der Waals surface area contributed by atoms with Crippen LogP contribution in [0.25, 0.3) is 0 Å². The molecule has 0 saturated carbocycles. The average molecular weight is 236 g/mol. The van der Waals surface area contributed by atoms with E-state index in [2.05, 4.69) is 20.4 Å². The third kappa shape index (κ3) is 2.15. The van der Waals surface area contributed by atoms with Gasteiger partial charge in [-0.2, -0.15) is 0 Å². The first-order valence-corrected chi connectivity index (χ1v) is 5.48. The minimum absolute atomic E-state index is 0.405. The number of nitrogens with zero attached hydrogens (tertiary/aromatic N) is 4. The molecular formula is C9H12N6S. The highest BCUT2D eigenvalue weighted by molar-refractivity contribution is 7.99. The molecule has 0 aliphatic rings. The van der Waals surface area contributed by atoms with Gasteiger partial charge in [-0.15, -0.1) is 0 Å². The fourth-order valence-electron chi connectivity index (χ4n) is 1.14. The lowest BCUT2D eigenvalue weighted by Gasteiger charge is -2.05. The summed E-state index contributed by atoms with van der Waals surface area (Å²) in [6, 6.07) is 0. The Morgan fingerprint density at radius 1 is 1.44 bits per heavy atom. The van der Waals surface area contributed by atoms with Crippen molar-refractivity contribution in [2.45, 2.75) is 17.1 Å². The molecule has 0 aromatic carbocycles. The minimum Gasteiger partial charge on any atom is -0.329 e. The van der Waals surface area contributed by atoms with Crippen molar-refractivity contribution in [3.63, 3.8) is 0 Å². The first-order chi connectivity index (χ1) is 7.70. The number of nitrogens with one attached hydrogen (secondary N) is 1. The van der Waals surface area contributed by atoms with Crippen LogP contribution in [0.1, 0.15) is 5.56 Å². The summed E-state index contributed by atoms with van der Waals surface area (Å²) in [7, 11) is 1.94. The van der Waals surface area contributed by atoms with Crippen LogP contribution in [0.15, 0.2) is 28.8 Å². The fourth-order valence-corrected chi connectivity index (χ4v) is 1.97. The van der Waals surface area contributed by atoms with Crippen molar-refractivity contribution in [1.82, 2.24) is 19.5 Å². The van der Waals surface area contributed by atoms with Gasteiger partial charge in [0.2, 0.25) is 5.95 Å². The van der Waals surface area contributed by atoms with Crippen LogP contribution < -0.4 is 11.3 Å². The van der Waals surface area contributed by atoms with E-state index in [-0.39, 0.29) is 0 Å². The number of nitrogen functional groups attached to an aromatic ring is 1. The highest BCUT2D eigenvalue weighted by Gasteiger charge is 2.08. The molecule has 3 N–H and O–H groups in total. The number of nitrogens with two attached hydrogens (primary N) is 1. The van der Waals surface area contributed by atoms with Crippen LogP contribution in [0, 0.1) is 6.92 Å². The van der Waals surface area contributed by atoms with Gasteiger partial charge in [0.1, 0.15) is 5.03 Å². The Balaban J connectivity index is 2.30. The van der Waals surface area contributed by atoms with Crippen LogP contribution in [-0.2, 0) is 7.05 Å². The molecule has 2 rings (SSSR count). The Kier molecular flexibility index (Phi) is 3.07. The number of imidazole rings is 1. The van der Waals surface area contributed by atoms with E-state index in [1.54, 1.807) is 12.4 Å². The maximum Gasteiger partial charge on any atom is 0.238 e. The Morgan fingerprint density at radius 3 is 2.88 bits per heavy atom. The summed E-state index contributed by atoms with van der Waals surface area (Å²) in [6.45, 7) is 1.95. The smallest absolute Gasteiger partial charge is 0.238 e. The summed E-state index contributed by atoms with van der Waals surface area (Å²) < 4.78 is 1.93. The molecular weight excluding hydrogens is 224 g/mol. The molecule has 0 saturated heterocycles. The van der Waals surface area contributed by atoms with Crippen molar-refractivity contribution >= 4 is 17.7 Å². The van der Waals surface area contributed by atoms with Crippen LogP contribution in [0.2, 0.25) is 0 Å². The van der Waals surface area contributed by atoms with Crippen LogP contribution in [0.4, 0.5) is 5.95 Å². The second kappa shape index (κ2) is 4.50. The second-order valence-corrected chi connectivity index (χ2v) is 4.20. The number of hydrogen-bond acceptors (Lipinski definition) is 6. The van der Waals surface area contributed by atoms with Gasteiger partial charge in [-0.05, 0) is 18.7 Å². The first kappa shape index (κ1) is 10.9. The predicted molar refractivity (Wildman–Crippen MR) is 61.9 cm³/mol. The van der Waals surface area contributed by atoms with Crippen LogP contribution in [-0.4, -0.2) is 19.5 Å². The minimum atomic E-state index is 0.405. The maximum atomic E-state index is 5.27. The zero-order valence-electron chi connectivity index (χ0n) is 9.01. The van der Waals surface area contributed by atoms with E-state index in [1.165, 1.54) is 11.8 Å². The molecule has 0 bridgehead atoms. The third-order valence-corrected chi connectivity index (χ3v) is 3.20. The van der Waals surface area contributed by atoms with Gasteiger partial charge in [-0.1, -0.05) is 0 Å².